The van der Waals surface area contributed by atoms with Gasteiger partial charge in [0.2, 0.25) is 0 Å². The molecule has 0 rings (SSSR count). The first kappa shape index (κ1) is 11.5. The highest BCUT2D eigenvalue weighted by atomic mass is 35.5. The smallest absolute Gasteiger partial charge is 0.320 e. The van der Waals surface area contributed by atoms with Gasteiger partial charge < -0.3 is 4.74 Å². The highest BCUT2D eigenvalue weighted by Crippen LogP contribution is 1.98. The molecule has 0 bridgehead atoms. The van der Waals surface area contributed by atoms with Gasteiger partial charge in [-0.15, -0.1) is 0 Å². The van der Waals surface area contributed by atoms with Gasteiger partial charge in [-0.2, -0.15) is 0 Å². The standard InChI is InChI=1S/C8H14ClNO2/c1-4-12-8(11)6-10(3)5-7(2)9/h2,4-6H2,1,3H3. The van der Waals surface area contributed by atoms with Gasteiger partial charge >= 0.3 is 5.97 Å². The molecule has 0 spiro atoms. The van der Waals surface area contributed by atoms with Crippen LogP contribution >= 0.6 is 11.6 Å². The Hall–Kier alpha value is -0.540. The van der Waals surface area contributed by atoms with Crippen molar-refractivity contribution >= 4 is 17.6 Å². The van der Waals surface area contributed by atoms with E-state index in [0.717, 1.165) is 0 Å². The predicted molar refractivity (Wildman–Crippen MR) is 49.1 cm³/mol. The van der Waals surface area contributed by atoms with Gasteiger partial charge in [0.05, 0.1) is 13.2 Å². The number of hydrogen-bond donors (Lipinski definition) is 0. The van der Waals surface area contributed by atoms with E-state index in [1.54, 1.807) is 18.9 Å². The molecule has 0 heterocycles. The van der Waals surface area contributed by atoms with Gasteiger partial charge in [0.1, 0.15) is 0 Å². The van der Waals surface area contributed by atoms with E-state index in [2.05, 4.69) is 6.58 Å². The van der Waals surface area contributed by atoms with Crippen LogP contribution < -0.4 is 0 Å². The largest absolute Gasteiger partial charge is 0.465 e. The van der Waals surface area contributed by atoms with Crippen molar-refractivity contribution in [3.05, 3.63) is 11.6 Å². The van der Waals surface area contributed by atoms with E-state index in [0.29, 0.717) is 18.2 Å². The van der Waals surface area contributed by atoms with E-state index >= 15 is 0 Å². The van der Waals surface area contributed by atoms with Crippen LogP contribution in [-0.4, -0.2) is 37.6 Å². The summed E-state index contributed by atoms with van der Waals surface area (Å²) in [6.07, 6.45) is 0. The van der Waals surface area contributed by atoms with Crippen LogP contribution in [0.15, 0.2) is 11.6 Å². The normalized spacial score (nSPS) is 10.0. The van der Waals surface area contributed by atoms with E-state index in [9.17, 15) is 4.79 Å². The molecule has 4 heteroatoms. The number of likely N-dealkylation sites (N-methyl/N-ethyl adjacent to an activating group) is 1. The van der Waals surface area contributed by atoms with Crippen molar-refractivity contribution in [3.8, 4) is 0 Å². The molecule has 0 aliphatic heterocycles. The molecule has 0 fully saturated rings. The zero-order valence-electron chi connectivity index (χ0n) is 7.47. The number of ether oxygens (including phenoxy) is 1. The topological polar surface area (TPSA) is 29.5 Å². The summed E-state index contributed by atoms with van der Waals surface area (Å²) >= 11 is 5.54. The second-order valence-corrected chi connectivity index (χ2v) is 3.03. The van der Waals surface area contributed by atoms with E-state index in [1.807, 2.05) is 0 Å². The number of carbonyl (C=O) groups is 1. The average Bonchev–Trinajstić information content (AvgIpc) is 1.84. The van der Waals surface area contributed by atoms with Gasteiger partial charge in [-0.05, 0) is 14.0 Å². The number of hydrogen-bond acceptors (Lipinski definition) is 3. The number of carbonyl (C=O) groups excluding carboxylic acids is 1. The minimum absolute atomic E-state index is 0.238. The molecule has 0 aliphatic carbocycles. The van der Waals surface area contributed by atoms with Crippen molar-refractivity contribution in [2.24, 2.45) is 0 Å². The van der Waals surface area contributed by atoms with Crippen molar-refractivity contribution in [3.63, 3.8) is 0 Å². The Morgan fingerprint density at radius 3 is 2.58 bits per heavy atom. The van der Waals surface area contributed by atoms with E-state index in [4.69, 9.17) is 16.3 Å². The van der Waals surface area contributed by atoms with E-state index in [-0.39, 0.29) is 12.5 Å². The zero-order chi connectivity index (χ0) is 9.56. The molecule has 0 aromatic carbocycles. The Labute approximate surface area is 77.9 Å². The van der Waals surface area contributed by atoms with Crippen molar-refractivity contribution in [1.29, 1.82) is 0 Å². The van der Waals surface area contributed by atoms with Crippen LogP contribution in [-0.2, 0) is 9.53 Å². The highest BCUT2D eigenvalue weighted by molar-refractivity contribution is 6.29. The molecule has 0 amide bonds. The zero-order valence-corrected chi connectivity index (χ0v) is 8.23. The van der Waals surface area contributed by atoms with Gasteiger partial charge in [0.25, 0.3) is 0 Å². The fourth-order valence-electron chi connectivity index (χ4n) is 0.776. The number of esters is 1. The lowest BCUT2D eigenvalue weighted by molar-refractivity contribution is -0.143. The number of nitrogens with zero attached hydrogens (tertiary/aromatic N) is 1. The van der Waals surface area contributed by atoms with Crippen LogP contribution in [0.2, 0.25) is 0 Å². The highest BCUT2D eigenvalue weighted by Gasteiger charge is 2.06. The van der Waals surface area contributed by atoms with Crippen LogP contribution in [0.5, 0.6) is 0 Å². The fourth-order valence-corrected chi connectivity index (χ4v) is 0.980. The van der Waals surface area contributed by atoms with Crippen molar-refractivity contribution in [2.45, 2.75) is 6.92 Å². The summed E-state index contributed by atoms with van der Waals surface area (Å²) in [5.41, 5.74) is 0. The molecular weight excluding hydrogens is 178 g/mol. The first-order valence-corrected chi connectivity index (χ1v) is 4.11. The lowest BCUT2D eigenvalue weighted by Crippen LogP contribution is -2.28. The van der Waals surface area contributed by atoms with Crippen LogP contribution in [0, 0.1) is 0 Å². The maximum Gasteiger partial charge on any atom is 0.320 e. The first-order valence-electron chi connectivity index (χ1n) is 3.73. The monoisotopic (exact) mass is 191 g/mol. The molecule has 0 atom stereocenters. The predicted octanol–water partition coefficient (Wildman–Crippen LogP) is 1.23. The SMILES string of the molecule is C=C(Cl)CN(C)CC(=O)OCC. The lowest BCUT2D eigenvalue weighted by atomic mass is 10.5. The Balaban J connectivity index is 3.61. The van der Waals surface area contributed by atoms with Gasteiger partial charge in [-0.1, -0.05) is 18.2 Å². The summed E-state index contributed by atoms with van der Waals surface area (Å²) in [6, 6.07) is 0. The molecule has 0 radical (unpaired) electrons. The van der Waals surface area contributed by atoms with E-state index in [1.165, 1.54) is 0 Å². The number of halogens is 1. The molecule has 0 aliphatic rings. The van der Waals surface area contributed by atoms with Crippen molar-refractivity contribution < 1.29 is 9.53 Å². The third-order valence-electron chi connectivity index (χ3n) is 1.15. The van der Waals surface area contributed by atoms with Gasteiger partial charge in [-0.25, -0.2) is 0 Å². The summed E-state index contributed by atoms with van der Waals surface area (Å²) in [4.78, 5) is 12.6. The minimum atomic E-state index is -0.238. The molecule has 0 unspecified atom stereocenters. The van der Waals surface area contributed by atoms with Crippen LogP contribution in [0.1, 0.15) is 6.92 Å². The van der Waals surface area contributed by atoms with E-state index < -0.39 is 0 Å². The summed E-state index contributed by atoms with van der Waals surface area (Å²) in [5.74, 6) is -0.238. The minimum Gasteiger partial charge on any atom is -0.465 e. The molecule has 70 valence electrons. The summed E-state index contributed by atoms with van der Waals surface area (Å²) < 4.78 is 4.74. The maximum absolute atomic E-state index is 10.9. The van der Waals surface area contributed by atoms with Crippen LogP contribution in [0.3, 0.4) is 0 Å². The van der Waals surface area contributed by atoms with Gasteiger partial charge in [0.15, 0.2) is 0 Å². The fraction of sp³-hybridized carbons (Fsp3) is 0.625. The maximum atomic E-state index is 10.9. The van der Waals surface area contributed by atoms with Gasteiger partial charge in [0, 0.05) is 11.6 Å². The third-order valence-corrected chi connectivity index (χ3v) is 1.27. The third kappa shape index (κ3) is 6.19. The molecule has 3 nitrogen and oxygen atoms in total. The molecule has 0 N–H and O–H groups in total. The number of rotatable bonds is 5. The summed E-state index contributed by atoms with van der Waals surface area (Å²) in [7, 11) is 1.78. The Bertz CT molecular complexity index is 170. The molecule has 12 heavy (non-hydrogen) atoms. The Morgan fingerprint density at radius 1 is 1.58 bits per heavy atom. The van der Waals surface area contributed by atoms with Crippen molar-refractivity contribution in [1.82, 2.24) is 4.90 Å². The Kier molecular flexibility index (Phi) is 5.76. The van der Waals surface area contributed by atoms with Crippen molar-refractivity contribution in [2.75, 3.05) is 26.7 Å². The summed E-state index contributed by atoms with van der Waals surface area (Å²) in [5, 5.41) is 0.516. The molecule has 0 saturated heterocycles. The van der Waals surface area contributed by atoms with Crippen LogP contribution in [0.4, 0.5) is 0 Å². The average molecular weight is 192 g/mol. The molecular formula is C8H14ClNO2. The lowest BCUT2D eigenvalue weighted by Gasteiger charge is -2.13. The quantitative estimate of drug-likeness (QED) is 0.613. The molecule has 0 aromatic heterocycles. The second-order valence-electron chi connectivity index (χ2n) is 2.49. The first-order chi connectivity index (χ1) is 5.56. The molecule has 0 saturated carbocycles. The second kappa shape index (κ2) is 6.03. The molecule has 0 aromatic rings. The van der Waals surface area contributed by atoms with Crippen LogP contribution in [0.25, 0.3) is 0 Å². The van der Waals surface area contributed by atoms with Gasteiger partial charge in [-0.3, -0.25) is 9.69 Å². The summed E-state index contributed by atoms with van der Waals surface area (Å²) in [6.45, 7) is 6.46. The Morgan fingerprint density at radius 2 is 2.17 bits per heavy atom.